The molecule has 0 bridgehead atoms. The smallest absolute Gasteiger partial charge is 0.320 e. The Balaban J connectivity index is 2.83. The molecule has 0 aliphatic rings. The van der Waals surface area contributed by atoms with Crippen LogP contribution in [-0.2, 0) is 11.2 Å². The van der Waals surface area contributed by atoms with Crippen molar-refractivity contribution in [2.75, 3.05) is 0 Å². The van der Waals surface area contributed by atoms with Gasteiger partial charge >= 0.3 is 5.97 Å². The highest BCUT2D eigenvalue weighted by molar-refractivity contribution is 5.73. The zero-order chi connectivity index (χ0) is 10.7. The number of aromatic nitrogens is 1. The average Bonchev–Trinajstić information content (AvgIpc) is 2.11. The Labute approximate surface area is 79.0 Å². The molecular formula is C8H10N2O4. The van der Waals surface area contributed by atoms with Crippen LogP contribution in [0.3, 0.4) is 0 Å². The normalized spacial score (nSPS) is 12.4. The van der Waals surface area contributed by atoms with E-state index >= 15 is 0 Å². The fourth-order valence-corrected chi connectivity index (χ4v) is 0.948. The zero-order valence-corrected chi connectivity index (χ0v) is 7.23. The van der Waals surface area contributed by atoms with Gasteiger partial charge in [0.15, 0.2) is 5.75 Å². The van der Waals surface area contributed by atoms with Gasteiger partial charge in [0.2, 0.25) is 5.43 Å². The third-order valence-electron chi connectivity index (χ3n) is 1.71. The highest BCUT2D eigenvalue weighted by Gasteiger charge is 2.12. The van der Waals surface area contributed by atoms with Crippen molar-refractivity contribution in [3.05, 3.63) is 28.2 Å². The minimum atomic E-state index is -1.14. The number of rotatable bonds is 3. The summed E-state index contributed by atoms with van der Waals surface area (Å²) in [6.07, 6.45) is 1.12. The Kier molecular flexibility index (Phi) is 2.88. The molecule has 1 atom stereocenters. The van der Waals surface area contributed by atoms with Gasteiger partial charge in [-0.05, 0) is 0 Å². The van der Waals surface area contributed by atoms with E-state index in [1.807, 2.05) is 0 Å². The minimum Gasteiger partial charge on any atom is -0.503 e. The molecule has 0 saturated heterocycles. The summed E-state index contributed by atoms with van der Waals surface area (Å²) in [5, 5.41) is 17.4. The molecule has 0 spiro atoms. The van der Waals surface area contributed by atoms with E-state index in [0.29, 0.717) is 5.69 Å². The Morgan fingerprint density at radius 1 is 1.64 bits per heavy atom. The summed E-state index contributed by atoms with van der Waals surface area (Å²) < 4.78 is 0. The van der Waals surface area contributed by atoms with Gasteiger partial charge in [0, 0.05) is 24.4 Å². The van der Waals surface area contributed by atoms with Gasteiger partial charge in [-0.2, -0.15) is 0 Å². The number of pyridine rings is 1. The second kappa shape index (κ2) is 3.93. The molecule has 1 heterocycles. The van der Waals surface area contributed by atoms with Gasteiger partial charge in [-0.1, -0.05) is 0 Å². The van der Waals surface area contributed by atoms with Gasteiger partial charge in [0.25, 0.3) is 0 Å². The molecule has 0 radical (unpaired) electrons. The maximum atomic E-state index is 10.9. The van der Waals surface area contributed by atoms with E-state index in [9.17, 15) is 9.59 Å². The van der Waals surface area contributed by atoms with Crippen molar-refractivity contribution in [2.45, 2.75) is 12.5 Å². The lowest BCUT2D eigenvalue weighted by atomic mass is 10.1. The number of carboxylic acids is 1. The first-order valence-corrected chi connectivity index (χ1v) is 3.89. The van der Waals surface area contributed by atoms with Crippen molar-refractivity contribution < 1.29 is 15.0 Å². The van der Waals surface area contributed by atoms with E-state index in [-0.39, 0.29) is 6.42 Å². The summed E-state index contributed by atoms with van der Waals surface area (Å²) in [7, 11) is 0. The molecule has 0 aliphatic carbocycles. The second-order valence-corrected chi connectivity index (χ2v) is 2.86. The van der Waals surface area contributed by atoms with Crippen LogP contribution in [0.2, 0.25) is 0 Å². The van der Waals surface area contributed by atoms with Gasteiger partial charge in [0.1, 0.15) is 6.04 Å². The van der Waals surface area contributed by atoms with Gasteiger partial charge in [-0.3, -0.25) is 9.59 Å². The average molecular weight is 198 g/mol. The van der Waals surface area contributed by atoms with Crippen molar-refractivity contribution in [1.29, 1.82) is 0 Å². The van der Waals surface area contributed by atoms with Crippen LogP contribution in [0.4, 0.5) is 0 Å². The maximum absolute atomic E-state index is 10.9. The van der Waals surface area contributed by atoms with Gasteiger partial charge < -0.3 is 20.9 Å². The Hall–Kier alpha value is -1.82. The predicted molar refractivity (Wildman–Crippen MR) is 48.0 cm³/mol. The predicted octanol–water partition coefficient (Wildman–Crippen LogP) is -0.965. The van der Waals surface area contributed by atoms with Crippen LogP contribution in [0.15, 0.2) is 17.1 Å². The van der Waals surface area contributed by atoms with Gasteiger partial charge in [-0.25, -0.2) is 0 Å². The number of nitrogens with two attached hydrogens (primary N) is 1. The van der Waals surface area contributed by atoms with E-state index in [2.05, 4.69) is 4.98 Å². The molecular weight excluding hydrogens is 188 g/mol. The molecule has 5 N–H and O–H groups in total. The van der Waals surface area contributed by atoms with Crippen molar-refractivity contribution in [2.24, 2.45) is 5.73 Å². The van der Waals surface area contributed by atoms with Crippen LogP contribution in [0.25, 0.3) is 0 Å². The van der Waals surface area contributed by atoms with Crippen molar-refractivity contribution >= 4 is 5.97 Å². The Bertz CT molecular complexity index is 399. The molecule has 1 rings (SSSR count). The fourth-order valence-electron chi connectivity index (χ4n) is 0.948. The number of aromatic amines is 1. The van der Waals surface area contributed by atoms with Crippen LogP contribution in [-0.4, -0.2) is 27.2 Å². The molecule has 14 heavy (non-hydrogen) atoms. The SMILES string of the molecule is NC(Cc1cc(=O)c(O)c[nH]1)C(=O)O. The topological polar surface area (TPSA) is 116 Å². The minimum absolute atomic E-state index is 0.0187. The summed E-state index contributed by atoms with van der Waals surface area (Å²) in [5.74, 6) is -1.54. The third-order valence-corrected chi connectivity index (χ3v) is 1.71. The molecule has 0 aliphatic heterocycles. The first-order chi connectivity index (χ1) is 6.50. The molecule has 0 amide bonds. The number of nitrogens with one attached hydrogen (secondary N) is 1. The molecule has 1 aromatic heterocycles. The number of aromatic hydroxyl groups is 1. The Morgan fingerprint density at radius 2 is 2.29 bits per heavy atom. The van der Waals surface area contributed by atoms with Crippen molar-refractivity contribution in [3.63, 3.8) is 0 Å². The van der Waals surface area contributed by atoms with Crippen LogP contribution < -0.4 is 11.2 Å². The zero-order valence-electron chi connectivity index (χ0n) is 7.23. The summed E-state index contributed by atoms with van der Waals surface area (Å²) >= 11 is 0. The van der Waals surface area contributed by atoms with Crippen molar-refractivity contribution in [3.8, 4) is 5.75 Å². The van der Waals surface area contributed by atoms with E-state index in [4.69, 9.17) is 15.9 Å². The molecule has 1 unspecified atom stereocenters. The van der Waals surface area contributed by atoms with E-state index in [1.54, 1.807) is 0 Å². The fraction of sp³-hybridized carbons (Fsp3) is 0.250. The summed E-state index contributed by atoms with van der Waals surface area (Å²) in [6.45, 7) is 0. The molecule has 6 heteroatoms. The van der Waals surface area contributed by atoms with Gasteiger partial charge in [0.05, 0.1) is 0 Å². The first-order valence-electron chi connectivity index (χ1n) is 3.89. The molecule has 0 aromatic carbocycles. The van der Waals surface area contributed by atoms with Crippen LogP contribution in [0.5, 0.6) is 5.75 Å². The third kappa shape index (κ3) is 2.33. The van der Waals surface area contributed by atoms with E-state index in [0.717, 1.165) is 12.3 Å². The number of carbonyl (C=O) groups is 1. The van der Waals surface area contributed by atoms with Crippen LogP contribution >= 0.6 is 0 Å². The molecule has 6 nitrogen and oxygen atoms in total. The second-order valence-electron chi connectivity index (χ2n) is 2.86. The maximum Gasteiger partial charge on any atom is 0.320 e. The lowest BCUT2D eigenvalue weighted by Crippen LogP contribution is -2.32. The van der Waals surface area contributed by atoms with Crippen LogP contribution in [0, 0.1) is 0 Å². The summed E-state index contributed by atoms with van der Waals surface area (Å²) in [4.78, 5) is 23.9. The summed E-state index contributed by atoms with van der Waals surface area (Å²) in [6, 6.07) is 0.0631. The van der Waals surface area contributed by atoms with E-state index in [1.165, 1.54) is 0 Å². The standard InChI is InChI=1S/C8H10N2O4/c9-5(8(13)14)1-4-2-6(11)7(12)3-10-4/h2-3,5,12H,1,9H2,(H,10,11)(H,13,14). The highest BCUT2D eigenvalue weighted by Crippen LogP contribution is 2.00. The quantitative estimate of drug-likeness (QED) is 0.498. The highest BCUT2D eigenvalue weighted by atomic mass is 16.4. The summed E-state index contributed by atoms with van der Waals surface area (Å²) in [5.41, 5.74) is 5.07. The number of hydrogen-bond acceptors (Lipinski definition) is 4. The molecule has 0 fully saturated rings. The molecule has 76 valence electrons. The number of aliphatic carboxylic acids is 1. The van der Waals surface area contributed by atoms with Crippen molar-refractivity contribution in [1.82, 2.24) is 4.98 Å². The lowest BCUT2D eigenvalue weighted by molar-refractivity contribution is -0.138. The number of H-pyrrole nitrogens is 1. The molecule has 1 aromatic rings. The number of carboxylic acid groups (broad SMARTS) is 1. The van der Waals surface area contributed by atoms with E-state index < -0.39 is 23.2 Å². The van der Waals surface area contributed by atoms with Gasteiger partial charge in [-0.15, -0.1) is 0 Å². The lowest BCUT2D eigenvalue weighted by Gasteiger charge is -2.05. The Morgan fingerprint density at radius 3 is 2.79 bits per heavy atom. The molecule has 0 saturated carbocycles. The monoisotopic (exact) mass is 198 g/mol. The number of hydrogen-bond donors (Lipinski definition) is 4. The first kappa shape index (κ1) is 10.3. The largest absolute Gasteiger partial charge is 0.503 e. The van der Waals surface area contributed by atoms with Crippen LogP contribution in [0.1, 0.15) is 5.69 Å².